The van der Waals surface area contributed by atoms with E-state index in [-0.39, 0.29) is 17.8 Å². The van der Waals surface area contributed by atoms with Crippen LogP contribution in [0, 0.1) is 11.7 Å². The summed E-state index contributed by atoms with van der Waals surface area (Å²) < 4.78 is 13.1. The minimum Gasteiger partial charge on any atom is -0.481 e. The van der Waals surface area contributed by atoms with Gasteiger partial charge in [0.2, 0.25) is 0 Å². The smallest absolute Gasteiger partial charge is 0.308 e. The summed E-state index contributed by atoms with van der Waals surface area (Å²) in [5, 5.41) is 11.3. The minimum atomic E-state index is -0.971. The van der Waals surface area contributed by atoms with Crippen LogP contribution < -0.4 is 11.1 Å². The van der Waals surface area contributed by atoms with Gasteiger partial charge in [0, 0.05) is 12.1 Å². The molecule has 1 atom stereocenters. The van der Waals surface area contributed by atoms with E-state index in [0.29, 0.717) is 6.42 Å². The van der Waals surface area contributed by atoms with Gasteiger partial charge < -0.3 is 16.2 Å². The average Bonchev–Trinajstić information content (AvgIpc) is 2.32. The molecule has 1 unspecified atom stereocenters. The molecule has 1 rings (SSSR count). The van der Waals surface area contributed by atoms with E-state index in [0.717, 1.165) is 6.07 Å². The number of hydrogen-bond acceptors (Lipinski definition) is 3. The molecule has 0 aliphatic carbocycles. The first-order chi connectivity index (χ1) is 8.45. The number of nitrogen functional groups attached to an aromatic ring is 1. The zero-order valence-corrected chi connectivity index (χ0v) is 9.94. The van der Waals surface area contributed by atoms with Crippen LogP contribution in [0.5, 0.6) is 0 Å². The van der Waals surface area contributed by atoms with Gasteiger partial charge in [-0.25, -0.2) is 4.39 Å². The third-order valence-corrected chi connectivity index (χ3v) is 2.61. The van der Waals surface area contributed by atoms with E-state index >= 15 is 0 Å². The fourth-order valence-corrected chi connectivity index (χ4v) is 1.39. The number of carbonyl (C=O) groups is 2. The number of nitrogens with one attached hydrogen (secondary N) is 1. The molecule has 0 radical (unpaired) electrons. The SMILES string of the molecule is CCC(CNC(=O)c1ccc(N)c(F)c1)C(=O)O. The highest BCUT2D eigenvalue weighted by Gasteiger charge is 2.16. The Morgan fingerprint density at radius 2 is 2.17 bits per heavy atom. The molecule has 1 amide bonds. The molecule has 6 heteroatoms. The molecule has 1 aromatic rings. The van der Waals surface area contributed by atoms with Crippen molar-refractivity contribution in [1.29, 1.82) is 0 Å². The van der Waals surface area contributed by atoms with Gasteiger partial charge in [-0.2, -0.15) is 0 Å². The van der Waals surface area contributed by atoms with Crippen LogP contribution in [0.4, 0.5) is 10.1 Å². The molecule has 1 aromatic carbocycles. The maximum atomic E-state index is 13.1. The third kappa shape index (κ3) is 3.44. The summed E-state index contributed by atoms with van der Waals surface area (Å²) >= 11 is 0. The first-order valence-corrected chi connectivity index (χ1v) is 5.51. The first kappa shape index (κ1) is 14.0. The van der Waals surface area contributed by atoms with Crippen molar-refractivity contribution in [2.45, 2.75) is 13.3 Å². The second kappa shape index (κ2) is 6.00. The monoisotopic (exact) mass is 254 g/mol. The Morgan fingerprint density at radius 3 is 2.67 bits per heavy atom. The zero-order chi connectivity index (χ0) is 13.7. The number of carboxylic acid groups (broad SMARTS) is 1. The Kier molecular flexibility index (Phi) is 4.65. The molecule has 98 valence electrons. The van der Waals surface area contributed by atoms with E-state index in [9.17, 15) is 14.0 Å². The number of hydrogen-bond donors (Lipinski definition) is 3. The molecule has 5 nitrogen and oxygen atoms in total. The number of halogens is 1. The molecule has 4 N–H and O–H groups in total. The van der Waals surface area contributed by atoms with Crippen LogP contribution in [0.2, 0.25) is 0 Å². The number of nitrogens with two attached hydrogens (primary N) is 1. The van der Waals surface area contributed by atoms with Crippen LogP contribution >= 0.6 is 0 Å². The van der Waals surface area contributed by atoms with Crippen LogP contribution in [-0.2, 0) is 4.79 Å². The van der Waals surface area contributed by atoms with Gasteiger partial charge in [0.15, 0.2) is 0 Å². The van der Waals surface area contributed by atoms with Crippen molar-refractivity contribution >= 4 is 17.6 Å². The lowest BCUT2D eigenvalue weighted by atomic mass is 10.1. The van der Waals surface area contributed by atoms with E-state index in [4.69, 9.17) is 10.8 Å². The summed E-state index contributed by atoms with van der Waals surface area (Å²) in [5.74, 6) is -2.81. The highest BCUT2D eigenvalue weighted by Crippen LogP contribution is 2.12. The molecular formula is C12H15FN2O3. The number of rotatable bonds is 5. The Morgan fingerprint density at radius 1 is 1.50 bits per heavy atom. The van der Waals surface area contributed by atoms with Gasteiger partial charge in [-0.1, -0.05) is 6.92 Å². The Hall–Kier alpha value is -2.11. The van der Waals surface area contributed by atoms with Crippen LogP contribution in [0.1, 0.15) is 23.7 Å². The fourth-order valence-electron chi connectivity index (χ4n) is 1.39. The second-order valence-corrected chi connectivity index (χ2v) is 3.89. The molecule has 0 fully saturated rings. The number of amides is 1. The van der Waals surface area contributed by atoms with E-state index in [1.165, 1.54) is 12.1 Å². The number of anilines is 1. The number of benzene rings is 1. The quantitative estimate of drug-likeness (QED) is 0.689. The molecule has 0 heterocycles. The van der Waals surface area contributed by atoms with Crippen molar-refractivity contribution in [3.05, 3.63) is 29.6 Å². The summed E-state index contributed by atoms with van der Waals surface area (Å²) in [4.78, 5) is 22.4. The standard InChI is InChI=1S/C12H15FN2O3/c1-2-7(12(17)18)6-15-11(16)8-3-4-10(14)9(13)5-8/h3-5,7H,2,6,14H2,1H3,(H,15,16)(H,17,18). The van der Waals surface area contributed by atoms with Crippen molar-refractivity contribution < 1.29 is 19.1 Å². The molecule has 18 heavy (non-hydrogen) atoms. The Bertz CT molecular complexity index is 463. The maximum absolute atomic E-state index is 13.1. The van der Waals surface area contributed by atoms with Gasteiger partial charge >= 0.3 is 5.97 Å². The highest BCUT2D eigenvalue weighted by molar-refractivity contribution is 5.94. The van der Waals surface area contributed by atoms with E-state index < -0.39 is 23.6 Å². The lowest BCUT2D eigenvalue weighted by Crippen LogP contribution is -2.32. The maximum Gasteiger partial charge on any atom is 0.308 e. The third-order valence-electron chi connectivity index (χ3n) is 2.61. The lowest BCUT2D eigenvalue weighted by Gasteiger charge is -2.11. The fraction of sp³-hybridized carbons (Fsp3) is 0.333. The van der Waals surface area contributed by atoms with Crippen LogP contribution in [-0.4, -0.2) is 23.5 Å². The van der Waals surface area contributed by atoms with Gasteiger partial charge in [-0.15, -0.1) is 0 Å². The second-order valence-electron chi connectivity index (χ2n) is 3.89. The van der Waals surface area contributed by atoms with Gasteiger partial charge in [-0.3, -0.25) is 9.59 Å². The van der Waals surface area contributed by atoms with Crippen molar-refractivity contribution in [3.63, 3.8) is 0 Å². The van der Waals surface area contributed by atoms with Crippen molar-refractivity contribution in [2.24, 2.45) is 5.92 Å². The summed E-state index contributed by atoms with van der Waals surface area (Å²) in [6.45, 7) is 1.73. The largest absolute Gasteiger partial charge is 0.481 e. The summed E-state index contributed by atoms with van der Waals surface area (Å²) in [6.07, 6.45) is 0.408. The Balaban J connectivity index is 2.65. The lowest BCUT2D eigenvalue weighted by molar-refractivity contribution is -0.141. The summed E-state index contributed by atoms with van der Waals surface area (Å²) in [7, 11) is 0. The normalized spacial score (nSPS) is 11.9. The molecule has 0 aliphatic heterocycles. The van der Waals surface area contributed by atoms with E-state index in [2.05, 4.69) is 5.32 Å². The summed E-state index contributed by atoms with van der Waals surface area (Å²) in [6, 6.07) is 3.70. The van der Waals surface area contributed by atoms with Gasteiger partial charge in [0.05, 0.1) is 11.6 Å². The zero-order valence-electron chi connectivity index (χ0n) is 9.94. The molecule has 0 aliphatic rings. The molecule has 0 aromatic heterocycles. The van der Waals surface area contributed by atoms with Gasteiger partial charge in [0.1, 0.15) is 5.82 Å². The molecule has 0 saturated carbocycles. The predicted octanol–water partition coefficient (Wildman–Crippen LogP) is 1.25. The molecule has 0 spiro atoms. The van der Waals surface area contributed by atoms with E-state index in [1.807, 2.05) is 0 Å². The molecule has 0 bridgehead atoms. The predicted molar refractivity (Wildman–Crippen MR) is 64.6 cm³/mol. The Labute approximate surface area is 104 Å². The van der Waals surface area contributed by atoms with Crippen LogP contribution in [0.15, 0.2) is 18.2 Å². The van der Waals surface area contributed by atoms with Crippen molar-refractivity contribution in [2.75, 3.05) is 12.3 Å². The van der Waals surface area contributed by atoms with Gasteiger partial charge in [-0.05, 0) is 24.6 Å². The molecular weight excluding hydrogens is 239 g/mol. The van der Waals surface area contributed by atoms with E-state index in [1.54, 1.807) is 6.92 Å². The highest BCUT2D eigenvalue weighted by atomic mass is 19.1. The van der Waals surface area contributed by atoms with Crippen LogP contribution in [0.25, 0.3) is 0 Å². The summed E-state index contributed by atoms with van der Waals surface area (Å²) in [5.41, 5.74) is 5.36. The number of carbonyl (C=O) groups excluding carboxylic acids is 1. The first-order valence-electron chi connectivity index (χ1n) is 5.51. The number of carboxylic acids is 1. The minimum absolute atomic E-state index is 0.0106. The molecule has 0 saturated heterocycles. The van der Waals surface area contributed by atoms with Crippen LogP contribution in [0.3, 0.4) is 0 Å². The topological polar surface area (TPSA) is 92.4 Å². The average molecular weight is 254 g/mol. The van der Waals surface area contributed by atoms with Gasteiger partial charge in [0.25, 0.3) is 5.91 Å². The number of aliphatic carboxylic acids is 1. The van der Waals surface area contributed by atoms with Crippen molar-refractivity contribution in [1.82, 2.24) is 5.32 Å². The van der Waals surface area contributed by atoms with Crippen molar-refractivity contribution in [3.8, 4) is 0 Å².